The molecule has 29 heavy (non-hydrogen) atoms. The first-order valence-corrected chi connectivity index (χ1v) is 10.2. The number of aromatic nitrogens is 1. The first kappa shape index (κ1) is 19.4. The minimum absolute atomic E-state index is 0.0625. The maximum atomic E-state index is 13.3. The number of pyridine rings is 1. The fourth-order valence-electron chi connectivity index (χ4n) is 4.27. The molecule has 6 heteroatoms. The Morgan fingerprint density at radius 1 is 1.24 bits per heavy atom. The summed E-state index contributed by atoms with van der Waals surface area (Å²) < 4.78 is 0.948. The summed E-state index contributed by atoms with van der Waals surface area (Å²) in [4.78, 5) is 19.4. The number of hydrogen-bond acceptors (Lipinski definition) is 5. The highest BCUT2D eigenvalue weighted by atomic mass is 79.9. The van der Waals surface area contributed by atoms with Crippen LogP contribution in [0.3, 0.4) is 0 Å². The third kappa shape index (κ3) is 3.36. The number of nitrogens with two attached hydrogens (primary N) is 1. The summed E-state index contributed by atoms with van der Waals surface area (Å²) in [5.41, 5.74) is 9.95. The van der Waals surface area contributed by atoms with Gasteiger partial charge in [0.1, 0.15) is 5.82 Å². The maximum Gasteiger partial charge on any atom is 0.162 e. The second kappa shape index (κ2) is 7.16. The van der Waals surface area contributed by atoms with Crippen molar-refractivity contribution in [2.45, 2.75) is 32.6 Å². The zero-order valence-electron chi connectivity index (χ0n) is 16.3. The third-order valence-corrected chi connectivity index (χ3v) is 6.01. The van der Waals surface area contributed by atoms with Gasteiger partial charge in [-0.2, -0.15) is 5.26 Å². The molecule has 0 saturated carbocycles. The van der Waals surface area contributed by atoms with E-state index in [1.807, 2.05) is 41.3 Å². The Balaban J connectivity index is 1.99. The van der Waals surface area contributed by atoms with Crippen molar-refractivity contribution in [3.63, 3.8) is 0 Å². The van der Waals surface area contributed by atoms with Gasteiger partial charge in [-0.25, -0.2) is 0 Å². The van der Waals surface area contributed by atoms with E-state index in [4.69, 9.17) is 5.73 Å². The zero-order valence-corrected chi connectivity index (χ0v) is 17.9. The lowest BCUT2D eigenvalue weighted by Gasteiger charge is -2.43. The molecule has 5 nitrogen and oxygen atoms in total. The molecule has 1 aromatic carbocycles. The summed E-state index contributed by atoms with van der Waals surface area (Å²) in [5.74, 6) is -0.0561. The average molecular weight is 449 g/mol. The zero-order chi connectivity index (χ0) is 20.8. The van der Waals surface area contributed by atoms with Crippen molar-refractivity contribution in [2.24, 2.45) is 11.1 Å². The molecular weight excluding hydrogens is 428 g/mol. The summed E-state index contributed by atoms with van der Waals surface area (Å²) in [6, 6.07) is 13.7. The smallest absolute Gasteiger partial charge is 0.162 e. The molecule has 2 N–H and O–H groups in total. The van der Waals surface area contributed by atoms with Crippen LogP contribution in [0.4, 0.5) is 5.69 Å². The Morgan fingerprint density at radius 3 is 2.59 bits per heavy atom. The van der Waals surface area contributed by atoms with Crippen molar-refractivity contribution < 1.29 is 4.79 Å². The normalized spacial score (nSPS) is 21.1. The Kier molecular flexibility index (Phi) is 4.79. The van der Waals surface area contributed by atoms with E-state index in [2.05, 4.69) is 40.8 Å². The van der Waals surface area contributed by atoms with E-state index in [0.29, 0.717) is 29.8 Å². The van der Waals surface area contributed by atoms with Crippen LogP contribution in [-0.2, 0) is 4.79 Å². The number of nitriles is 1. The lowest BCUT2D eigenvalue weighted by molar-refractivity contribution is -0.118. The van der Waals surface area contributed by atoms with E-state index in [0.717, 1.165) is 21.4 Å². The lowest BCUT2D eigenvalue weighted by Crippen LogP contribution is -2.42. The van der Waals surface area contributed by atoms with E-state index >= 15 is 0 Å². The van der Waals surface area contributed by atoms with Crippen molar-refractivity contribution in [3.8, 4) is 6.07 Å². The minimum atomic E-state index is -0.487. The molecule has 0 radical (unpaired) electrons. The highest BCUT2D eigenvalue weighted by Crippen LogP contribution is 2.50. The average Bonchev–Trinajstić information content (AvgIpc) is 2.68. The second-order valence-corrected chi connectivity index (χ2v) is 9.16. The molecule has 0 amide bonds. The van der Waals surface area contributed by atoms with E-state index < -0.39 is 5.92 Å². The Labute approximate surface area is 178 Å². The van der Waals surface area contributed by atoms with Gasteiger partial charge >= 0.3 is 0 Å². The second-order valence-electron chi connectivity index (χ2n) is 8.24. The number of anilines is 1. The molecule has 0 bridgehead atoms. The van der Waals surface area contributed by atoms with Crippen molar-refractivity contribution >= 4 is 27.4 Å². The van der Waals surface area contributed by atoms with Crippen LogP contribution in [0.5, 0.6) is 0 Å². The molecule has 0 saturated heterocycles. The van der Waals surface area contributed by atoms with Gasteiger partial charge in [0.05, 0.1) is 17.6 Å². The summed E-state index contributed by atoms with van der Waals surface area (Å²) in [5, 5.41) is 10.0. The van der Waals surface area contributed by atoms with E-state index in [1.165, 1.54) is 0 Å². The first-order valence-electron chi connectivity index (χ1n) is 9.44. The van der Waals surface area contributed by atoms with Crippen LogP contribution in [-0.4, -0.2) is 10.8 Å². The number of rotatable bonds is 2. The number of carbonyl (C=O) groups is 1. The van der Waals surface area contributed by atoms with Crippen molar-refractivity contribution in [1.29, 1.82) is 5.26 Å². The monoisotopic (exact) mass is 448 g/mol. The number of nitrogens with zero attached hydrogens (tertiary/aromatic N) is 3. The number of allylic oxidation sites excluding steroid dienone is 3. The third-order valence-electron chi connectivity index (χ3n) is 5.48. The standard InChI is InChI=1S/C23H21BrN4O/c1-23(2)10-18-21(19(29)11-23)20(14-4-3-9-27-13-14)17(12-25)22(26)28(18)16-7-5-15(24)6-8-16/h3-9,13,20H,10-11,26H2,1-2H3/t20-/m1/s1. The largest absolute Gasteiger partial charge is 0.384 e. The van der Waals surface area contributed by atoms with Crippen LogP contribution < -0.4 is 10.6 Å². The molecule has 146 valence electrons. The molecule has 1 aliphatic carbocycles. The molecule has 2 aromatic rings. The van der Waals surface area contributed by atoms with Crippen LogP contribution in [0.1, 0.15) is 38.2 Å². The molecule has 0 fully saturated rings. The van der Waals surface area contributed by atoms with Gasteiger partial charge < -0.3 is 5.73 Å². The Hall–Kier alpha value is -2.91. The number of benzene rings is 1. The van der Waals surface area contributed by atoms with Crippen LogP contribution >= 0.6 is 15.9 Å². The van der Waals surface area contributed by atoms with E-state index in [9.17, 15) is 10.1 Å². The molecule has 4 rings (SSSR count). The van der Waals surface area contributed by atoms with E-state index in [-0.39, 0.29) is 11.2 Å². The molecule has 0 spiro atoms. The predicted octanol–water partition coefficient (Wildman–Crippen LogP) is 4.78. The summed E-state index contributed by atoms with van der Waals surface area (Å²) in [7, 11) is 0. The van der Waals surface area contributed by atoms with Gasteiger partial charge in [0.15, 0.2) is 5.78 Å². The van der Waals surface area contributed by atoms with Gasteiger partial charge in [0.25, 0.3) is 0 Å². The number of ketones is 1. The molecule has 1 aromatic heterocycles. The van der Waals surface area contributed by atoms with Crippen molar-refractivity contribution in [2.75, 3.05) is 4.90 Å². The Morgan fingerprint density at radius 2 is 1.97 bits per heavy atom. The van der Waals surface area contributed by atoms with Crippen LogP contribution in [0.25, 0.3) is 0 Å². The maximum absolute atomic E-state index is 13.3. The SMILES string of the molecule is CC1(C)CC(=O)C2=C(C1)N(c1ccc(Br)cc1)C(N)=C(C#N)[C@H]2c1cccnc1. The summed E-state index contributed by atoms with van der Waals surface area (Å²) >= 11 is 3.46. The number of carbonyl (C=O) groups excluding carboxylic acids is 1. The fraction of sp³-hybridized carbons (Fsp3) is 0.261. The van der Waals surface area contributed by atoms with Crippen LogP contribution in [0, 0.1) is 16.7 Å². The van der Waals surface area contributed by atoms with E-state index in [1.54, 1.807) is 12.4 Å². The Bertz CT molecular complexity index is 1080. The highest BCUT2D eigenvalue weighted by Gasteiger charge is 2.44. The van der Waals surface area contributed by atoms with Gasteiger partial charge in [-0.1, -0.05) is 35.8 Å². The number of halogens is 1. The molecule has 2 aliphatic rings. The molecule has 2 heterocycles. The van der Waals surface area contributed by atoms with Gasteiger partial charge in [-0.05, 0) is 47.7 Å². The van der Waals surface area contributed by atoms with Gasteiger partial charge in [0.2, 0.25) is 0 Å². The highest BCUT2D eigenvalue weighted by molar-refractivity contribution is 9.10. The predicted molar refractivity (Wildman–Crippen MR) is 115 cm³/mol. The minimum Gasteiger partial charge on any atom is -0.384 e. The van der Waals surface area contributed by atoms with Crippen LogP contribution in [0.2, 0.25) is 0 Å². The lowest BCUT2D eigenvalue weighted by atomic mass is 9.68. The van der Waals surface area contributed by atoms with Crippen molar-refractivity contribution in [1.82, 2.24) is 4.98 Å². The topological polar surface area (TPSA) is 83.0 Å². The van der Waals surface area contributed by atoms with Gasteiger partial charge in [-0.15, -0.1) is 0 Å². The summed E-state index contributed by atoms with van der Waals surface area (Å²) in [6.45, 7) is 4.18. The summed E-state index contributed by atoms with van der Waals surface area (Å²) in [6.07, 6.45) is 4.53. The molecule has 1 aliphatic heterocycles. The quantitative estimate of drug-likeness (QED) is 0.713. The van der Waals surface area contributed by atoms with Gasteiger partial charge in [0, 0.05) is 40.2 Å². The van der Waals surface area contributed by atoms with Gasteiger partial charge in [-0.3, -0.25) is 14.7 Å². The van der Waals surface area contributed by atoms with Crippen LogP contribution in [0.15, 0.2) is 75.9 Å². The number of hydrogen-bond donors (Lipinski definition) is 1. The number of Topliss-reactive ketones (excluding diaryl/α,β-unsaturated/α-hetero) is 1. The molecule has 1 atom stereocenters. The first-order chi connectivity index (χ1) is 13.8. The molecular formula is C23H21BrN4O. The molecule has 0 unspecified atom stereocenters. The van der Waals surface area contributed by atoms with Crippen molar-refractivity contribution in [3.05, 3.63) is 81.5 Å². The fourth-order valence-corrected chi connectivity index (χ4v) is 4.54.